The molecule has 1 saturated carbocycles. The Morgan fingerprint density at radius 3 is 2.50 bits per heavy atom. The van der Waals surface area contributed by atoms with Gasteiger partial charge in [-0.15, -0.1) is 6.58 Å². The van der Waals surface area contributed by atoms with Gasteiger partial charge in [-0.05, 0) is 50.9 Å². The molecule has 0 N–H and O–H groups in total. The fourth-order valence-corrected chi connectivity index (χ4v) is 2.17. The van der Waals surface area contributed by atoms with Crippen LogP contribution in [-0.4, -0.2) is 0 Å². The molecular formula is C12H20. The largest absolute Gasteiger partial charge is 0.103 e. The molecule has 1 rings (SSSR count). The van der Waals surface area contributed by atoms with E-state index in [0.29, 0.717) is 0 Å². The molecule has 0 bridgehead atoms. The Kier molecular flexibility index (Phi) is 4.13. The Bertz CT molecular complexity index is 155. The van der Waals surface area contributed by atoms with Crippen LogP contribution < -0.4 is 0 Å². The standard InChI is InChI=1S/C12H20/c1-3-5-7-12-9-8-11(10-12)6-4-2/h3-5,11-12H,2,6-10H2,1H3/b5-3+. The number of allylic oxidation sites excluding steroid dienone is 3. The van der Waals surface area contributed by atoms with Crippen LogP contribution in [0.5, 0.6) is 0 Å². The normalized spacial score (nSPS) is 29.8. The smallest absolute Gasteiger partial charge is 0.0322 e. The highest BCUT2D eigenvalue weighted by molar-refractivity contribution is 4.86. The molecule has 0 heteroatoms. The minimum atomic E-state index is 0.942. The van der Waals surface area contributed by atoms with Crippen LogP contribution in [-0.2, 0) is 0 Å². The van der Waals surface area contributed by atoms with E-state index in [0.717, 1.165) is 11.8 Å². The highest BCUT2D eigenvalue weighted by Gasteiger charge is 2.22. The van der Waals surface area contributed by atoms with Gasteiger partial charge in [0.15, 0.2) is 0 Å². The van der Waals surface area contributed by atoms with Gasteiger partial charge in [0.05, 0.1) is 0 Å². The molecule has 0 aromatic heterocycles. The van der Waals surface area contributed by atoms with Crippen molar-refractivity contribution in [2.45, 2.75) is 39.0 Å². The van der Waals surface area contributed by atoms with Crippen molar-refractivity contribution in [3.63, 3.8) is 0 Å². The minimum Gasteiger partial charge on any atom is -0.103 e. The summed E-state index contributed by atoms with van der Waals surface area (Å²) in [5, 5.41) is 0. The maximum atomic E-state index is 3.80. The van der Waals surface area contributed by atoms with Gasteiger partial charge in [-0.3, -0.25) is 0 Å². The zero-order valence-electron chi connectivity index (χ0n) is 8.13. The van der Waals surface area contributed by atoms with Gasteiger partial charge in [0.25, 0.3) is 0 Å². The summed E-state index contributed by atoms with van der Waals surface area (Å²) in [6.45, 7) is 5.90. The van der Waals surface area contributed by atoms with Crippen molar-refractivity contribution in [2.75, 3.05) is 0 Å². The Hall–Kier alpha value is -0.520. The molecule has 0 aromatic carbocycles. The van der Waals surface area contributed by atoms with Crippen molar-refractivity contribution < 1.29 is 0 Å². The van der Waals surface area contributed by atoms with E-state index in [1.807, 2.05) is 0 Å². The summed E-state index contributed by atoms with van der Waals surface area (Å²) in [7, 11) is 0. The van der Waals surface area contributed by atoms with Crippen molar-refractivity contribution in [3.05, 3.63) is 24.8 Å². The zero-order valence-corrected chi connectivity index (χ0v) is 8.13. The molecule has 0 aliphatic heterocycles. The van der Waals surface area contributed by atoms with E-state index < -0.39 is 0 Å². The number of hydrogen-bond acceptors (Lipinski definition) is 0. The molecule has 0 radical (unpaired) electrons. The minimum absolute atomic E-state index is 0.942. The molecule has 1 fully saturated rings. The highest BCUT2D eigenvalue weighted by Crippen LogP contribution is 2.35. The van der Waals surface area contributed by atoms with Crippen LogP contribution in [0, 0.1) is 11.8 Å². The third kappa shape index (κ3) is 2.84. The van der Waals surface area contributed by atoms with E-state index in [2.05, 4.69) is 31.7 Å². The van der Waals surface area contributed by atoms with Gasteiger partial charge in [0, 0.05) is 0 Å². The van der Waals surface area contributed by atoms with E-state index in [9.17, 15) is 0 Å². The topological polar surface area (TPSA) is 0 Å². The van der Waals surface area contributed by atoms with Crippen molar-refractivity contribution >= 4 is 0 Å². The van der Waals surface area contributed by atoms with E-state index in [1.54, 1.807) is 0 Å². The Morgan fingerprint density at radius 2 is 1.92 bits per heavy atom. The summed E-state index contributed by atoms with van der Waals surface area (Å²) in [6, 6.07) is 0. The molecular weight excluding hydrogens is 144 g/mol. The molecule has 0 aromatic rings. The fraction of sp³-hybridized carbons (Fsp3) is 0.667. The first-order valence-electron chi connectivity index (χ1n) is 5.08. The average molecular weight is 164 g/mol. The summed E-state index contributed by atoms with van der Waals surface area (Å²) >= 11 is 0. The first-order chi connectivity index (χ1) is 5.86. The lowest BCUT2D eigenvalue weighted by atomic mass is 9.99. The summed E-state index contributed by atoms with van der Waals surface area (Å²) < 4.78 is 0. The first kappa shape index (κ1) is 9.57. The third-order valence-electron chi connectivity index (χ3n) is 2.85. The van der Waals surface area contributed by atoms with Gasteiger partial charge in [-0.2, -0.15) is 0 Å². The Balaban J connectivity index is 2.20. The van der Waals surface area contributed by atoms with Crippen LogP contribution >= 0.6 is 0 Å². The molecule has 0 amide bonds. The van der Waals surface area contributed by atoms with Crippen LogP contribution in [0.2, 0.25) is 0 Å². The fourth-order valence-electron chi connectivity index (χ4n) is 2.17. The summed E-state index contributed by atoms with van der Waals surface area (Å²) in [5.74, 6) is 1.91. The van der Waals surface area contributed by atoms with Gasteiger partial charge < -0.3 is 0 Å². The SMILES string of the molecule is C=CCC1CCC(C/C=C/C)C1. The maximum absolute atomic E-state index is 3.80. The molecule has 1 aliphatic carbocycles. The summed E-state index contributed by atoms with van der Waals surface area (Å²) in [5.41, 5.74) is 0. The molecule has 0 spiro atoms. The van der Waals surface area contributed by atoms with Gasteiger partial charge >= 0.3 is 0 Å². The van der Waals surface area contributed by atoms with Gasteiger partial charge in [-0.1, -0.05) is 18.2 Å². The maximum Gasteiger partial charge on any atom is -0.0322 e. The van der Waals surface area contributed by atoms with Crippen molar-refractivity contribution in [2.24, 2.45) is 11.8 Å². The Morgan fingerprint density at radius 1 is 1.25 bits per heavy atom. The predicted molar refractivity (Wildman–Crippen MR) is 55.1 cm³/mol. The highest BCUT2D eigenvalue weighted by atomic mass is 14.3. The Labute approximate surface area is 76.4 Å². The van der Waals surface area contributed by atoms with Crippen LogP contribution in [0.4, 0.5) is 0 Å². The van der Waals surface area contributed by atoms with Gasteiger partial charge in [0.2, 0.25) is 0 Å². The third-order valence-corrected chi connectivity index (χ3v) is 2.85. The lowest BCUT2D eigenvalue weighted by molar-refractivity contribution is 0.499. The second-order valence-electron chi connectivity index (χ2n) is 3.87. The van der Waals surface area contributed by atoms with E-state index >= 15 is 0 Å². The summed E-state index contributed by atoms with van der Waals surface area (Å²) in [4.78, 5) is 0. The quantitative estimate of drug-likeness (QED) is 0.552. The van der Waals surface area contributed by atoms with Gasteiger partial charge in [-0.25, -0.2) is 0 Å². The van der Waals surface area contributed by atoms with Crippen LogP contribution in [0.1, 0.15) is 39.0 Å². The monoisotopic (exact) mass is 164 g/mol. The molecule has 0 saturated heterocycles. The molecule has 68 valence electrons. The summed E-state index contributed by atoms with van der Waals surface area (Å²) in [6.07, 6.45) is 13.4. The van der Waals surface area contributed by atoms with Crippen LogP contribution in [0.25, 0.3) is 0 Å². The van der Waals surface area contributed by atoms with Crippen LogP contribution in [0.3, 0.4) is 0 Å². The van der Waals surface area contributed by atoms with Crippen molar-refractivity contribution in [1.29, 1.82) is 0 Å². The molecule has 0 heterocycles. The van der Waals surface area contributed by atoms with Crippen molar-refractivity contribution in [3.8, 4) is 0 Å². The number of hydrogen-bond donors (Lipinski definition) is 0. The zero-order chi connectivity index (χ0) is 8.81. The van der Waals surface area contributed by atoms with Crippen molar-refractivity contribution in [1.82, 2.24) is 0 Å². The molecule has 0 nitrogen and oxygen atoms in total. The van der Waals surface area contributed by atoms with E-state index in [-0.39, 0.29) is 0 Å². The van der Waals surface area contributed by atoms with E-state index in [1.165, 1.54) is 32.1 Å². The van der Waals surface area contributed by atoms with E-state index in [4.69, 9.17) is 0 Å². The molecule has 1 aliphatic rings. The lowest BCUT2D eigenvalue weighted by Crippen LogP contribution is -1.94. The predicted octanol–water partition coefficient (Wildman–Crippen LogP) is 3.95. The lowest BCUT2D eigenvalue weighted by Gasteiger charge is -2.06. The average Bonchev–Trinajstić information content (AvgIpc) is 2.50. The second-order valence-corrected chi connectivity index (χ2v) is 3.87. The second kappa shape index (κ2) is 5.18. The molecule has 12 heavy (non-hydrogen) atoms. The number of rotatable bonds is 4. The van der Waals surface area contributed by atoms with Crippen LogP contribution in [0.15, 0.2) is 24.8 Å². The van der Waals surface area contributed by atoms with Gasteiger partial charge in [0.1, 0.15) is 0 Å². The molecule has 2 atom stereocenters. The first-order valence-corrected chi connectivity index (χ1v) is 5.08. The molecule has 2 unspecified atom stereocenters.